The Hall–Kier alpha value is -0.800. The molecule has 0 spiro atoms. The van der Waals surface area contributed by atoms with Crippen molar-refractivity contribution in [3.05, 3.63) is 29.8 Å². The third-order valence-corrected chi connectivity index (χ3v) is 5.47. The lowest BCUT2D eigenvalue weighted by Gasteiger charge is -2.12. The van der Waals surface area contributed by atoms with Crippen molar-refractivity contribution >= 4 is 26.9 Å². The second-order valence-electron chi connectivity index (χ2n) is 6.30. The van der Waals surface area contributed by atoms with Gasteiger partial charge in [-0.25, -0.2) is 4.21 Å². The van der Waals surface area contributed by atoms with E-state index >= 15 is 0 Å². The van der Waals surface area contributed by atoms with Gasteiger partial charge in [-0.3, -0.25) is 4.55 Å². The molecule has 4 N–H and O–H groups in total. The van der Waals surface area contributed by atoms with E-state index in [-0.39, 0.29) is 5.75 Å². The Bertz CT molecular complexity index is 620. The number of benzene rings is 1. The van der Waals surface area contributed by atoms with Crippen molar-refractivity contribution < 1.29 is 27.0 Å². The van der Waals surface area contributed by atoms with Crippen LogP contribution in [0.5, 0.6) is 0 Å². The monoisotopic (exact) mass is 408 g/mol. The lowest BCUT2D eigenvalue weighted by molar-refractivity contribution is -0.572. The number of nitrogens with two attached hydrogens (primary N) is 1. The molecule has 2 atom stereocenters. The van der Waals surface area contributed by atoms with Crippen LogP contribution in [0.4, 0.5) is 5.69 Å². The summed E-state index contributed by atoms with van der Waals surface area (Å²) in [7, 11) is -3.69. The topological polar surface area (TPSA) is 108 Å². The summed E-state index contributed by atoms with van der Waals surface area (Å²) in [5.74, 6) is 0.868. The summed E-state index contributed by atoms with van der Waals surface area (Å²) < 4.78 is 47.2. The summed E-state index contributed by atoms with van der Waals surface area (Å²) >= 11 is -1.64. The molecule has 0 saturated heterocycles. The van der Waals surface area contributed by atoms with Crippen molar-refractivity contribution in [3.8, 4) is 0 Å². The zero-order chi connectivity index (χ0) is 20.0. The molecule has 0 amide bonds. The van der Waals surface area contributed by atoms with Crippen LogP contribution < -0.4 is 5.32 Å². The smallest absolute Gasteiger partial charge is 0.264 e. The van der Waals surface area contributed by atoms with Gasteiger partial charge in [-0.05, 0) is 37.7 Å². The van der Waals surface area contributed by atoms with E-state index < -0.39 is 21.2 Å². The fourth-order valence-corrected chi connectivity index (χ4v) is 3.42. The van der Waals surface area contributed by atoms with Crippen LogP contribution in [0.2, 0.25) is 0 Å². The maximum Gasteiger partial charge on any atom is 0.264 e. The van der Waals surface area contributed by atoms with Crippen LogP contribution in [0.3, 0.4) is 0 Å². The minimum absolute atomic E-state index is 0.108. The molecule has 2 unspecified atom stereocenters. The van der Waals surface area contributed by atoms with Crippen molar-refractivity contribution in [1.29, 1.82) is 0 Å². The summed E-state index contributed by atoms with van der Waals surface area (Å²) in [5, 5.41) is 2.25. The Kier molecular flexibility index (Phi) is 13.8. The van der Waals surface area contributed by atoms with Gasteiger partial charge in [0, 0.05) is 11.3 Å². The molecule has 6 nitrogen and oxygen atoms in total. The van der Waals surface area contributed by atoms with Crippen LogP contribution in [0.25, 0.3) is 0 Å². The van der Waals surface area contributed by atoms with Crippen molar-refractivity contribution in [3.63, 3.8) is 0 Å². The van der Waals surface area contributed by atoms with Crippen LogP contribution in [-0.4, -0.2) is 39.8 Å². The van der Waals surface area contributed by atoms with E-state index in [1.807, 2.05) is 6.92 Å². The van der Waals surface area contributed by atoms with Crippen LogP contribution >= 0.6 is 0 Å². The zero-order valence-corrected chi connectivity index (χ0v) is 17.7. The van der Waals surface area contributed by atoms with E-state index in [2.05, 4.69) is 43.4 Å². The molecule has 0 aromatic heterocycles. The minimum atomic E-state index is -3.69. The molecule has 0 radical (unpaired) electrons. The van der Waals surface area contributed by atoms with Gasteiger partial charge >= 0.3 is 0 Å². The fourth-order valence-electron chi connectivity index (χ4n) is 2.32. The number of quaternary nitrogens is 1. The summed E-state index contributed by atoms with van der Waals surface area (Å²) in [4.78, 5) is 0. The SMILES string of the molecule is CCC(C)c1ccccc1[NH2+]CCCCS(=O)O.CCCCS(=O)(=O)O. The van der Waals surface area contributed by atoms with Crippen LogP contribution in [-0.2, 0) is 21.2 Å². The second-order valence-corrected chi connectivity index (χ2v) is 8.93. The first kappa shape index (κ1) is 25.2. The van der Waals surface area contributed by atoms with Crippen LogP contribution in [0.1, 0.15) is 64.4 Å². The van der Waals surface area contributed by atoms with Gasteiger partial charge in [0.25, 0.3) is 10.1 Å². The molecule has 0 aliphatic rings. The molecule has 0 saturated carbocycles. The Labute approximate surface area is 160 Å². The Morgan fingerprint density at radius 2 is 1.81 bits per heavy atom. The van der Waals surface area contributed by atoms with Crippen LogP contribution in [0.15, 0.2) is 24.3 Å². The normalized spacial score (nSPS) is 13.6. The highest BCUT2D eigenvalue weighted by atomic mass is 32.2. The molecule has 1 aromatic carbocycles. The zero-order valence-electron chi connectivity index (χ0n) is 16.1. The Balaban J connectivity index is 0.000000660. The van der Waals surface area contributed by atoms with E-state index in [9.17, 15) is 12.6 Å². The van der Waals surface area contributed by atoms with Gasteiger partial charge in [0.1, 0.15) is 5.69 Å². The van der Waals surface area contributed by atoms with Gasteiger partial charge in [0.2, 0.25) is 0 Å². The third-order valence-electron chi connectivity index (χ3n) is 4.03. The average molecular weight is 409 g/mol. The molecule has 1 aromatic rings. The number of para-hydroxylation sites is 1. The largest absolute Gasteiger partial charge is 0.314 e. The van der Waals surface area contributed by atoms with E-state index in [0.29, 0.717) is 18.1 Å². The molecule has 0 heterocycles. The molecule has 0 aliphatic heterocycles. The number of rotatable bonds is 11. The van der Waals surface area contributed by atoms with Gasteiger partial charge in [0.15, 0.2) is 11.1 Å². The fraction of sp³-hybridized carbons (Fsp3) is 0.667. The summed E-state index contributed by atoms with van der Waals surface area (Å²) in [6.07, 6.45) is 4.26. The highest BCUT2D eigenvalue weighted by molar-refractivity contribution is 7.85. The number of hydrogen-bond donors (Lipinski definition) is 3. The van der Waals surface area contributed by atoms with Crippen molar-refractivity contribution in [2.24, 2.45) is 0 Å². The van der Waals surface area contributed by atoms with Gasteiger partial charge in [-0.15, -0.1) is 0 Å². The molecule has 1 rings (SSSR count). The second kappa shape index (κ2) is 14.3. The molecule has 152 valence electrons. The Morgan fingerprint density at radius 3 is 2.31 bits per heavy atom. The van der Waals surface area contributed by atoms with Gasteiger partial charge in [0.05, 0.1) is 12.3 Å². The quantitative estimate of drug-likeness (QED) is 0.226. The van der Waals surface area contributed by atoms with Gasteiger partial charge in [-0.1, -0.05) is 45.4 Å². The third kappa shape index (κ3) is 13.4. The number of hydrogen-bond acceptors (Lipinski definition) is 3. The standard InChI is InChI=1S/C14H23NO2S.C4H10O3S/c1-3-12(2)13-8-4-5-9-14(13)15-10-6-7-11-18(16)17;1-2-3-4-8(5,6)7/h4-5,8-9,12,15H,3,6-7,10-11H2,1-2H3,(H,16,17);2-4H2,1H3,(H,5,6,7)/p+1. The summed E-state index contributed by atoms with van der Waals surface area (Å²) in [6, 6.07) is 8.52. The maximum atomic E-state index is 10.5. The first-order chi connectivity index (χ1) is 12.2. The molecule has 0 bridgehead atoms. The predicted molar refractivity (Wildman–Crippen MR) is 108 cm³/mol. The molecular formula is C18H34NO5S2+. The predicted octanol–water partition coefficient (Wildman–Crippen LogP) is 3.07. The minimum Gasteiger partial charge on any atom is -0.314 e. The maximum absolute atomic E-state index is 10.5. The number of unbranched alkanes of at least 4 members (excludes halogenated alkanes) is 2. The average Bonchev–Trinajstić information content (AvgIpc) is 2.59. The summed E-state index contributed by atoms with van der Waals surface area (Å²) in [6.45, 7) is 7.30. The van der Waals surface area contributed by atoms with Crippen molar-refractivity contribution in [2.75, 3.05) is 18.1 Å². The van der Waals surface area contributed by atoms with Crippen molar-refractivity contribution in [1.82, 2.24) is 0 Å². The van der Waals surface area contributed by atoms with E-state index in [1.54, 1.807) is 0 Å². The molecular weight excluding hydrogens is 374 g/mol. The lowest BCUT2D eigenvalue weighted by atomic mass is 9.97. The molecule has 26 heavy (non-hydrogen) atoms. The molecule has 0 fully saturated rings. The van der Waals surface area contributed by atoms with Crippen molar-refractivity contribution in [2.45, 2.75) is 58.8 Å². The van der Waals surface area contributed by atoms with E-state index in [4.69, 9.17) is 9.11 Å². The first-order valence-corrected chi connectivity index (χ1v) is 12.0. The highest BCUT2D eigenvalue weighted by Gasteiger charge is 2.10. The Morgan fingerprint density at radius 1 is 1.15 bits per heavy atom. The van der Waals surface area contributed by atoms with Gasteiger partial charge in [-0.2, -0.15) is 8.42 Å². The van der Waals surface area contributed by atoms with E-state index in [1.165, 1.54) is 11.3 Å². The molecule has 8 heteroatoms. The lowest BCUT2D eigenvalue weighted by Crippen LogP contribution is -2.78. The molecule has 0 aliphatic carbocycles. The first-order valence-electron chi connectivity index (χ1n) is 9.16. The van der Waals surface area contributed by atoms with Crippen LogP contribution in [0, 0.1) is 0 Å². The van der Waals surface area contributed by atoms with Gasteiger partial charge < -0.3 is 9.87 Å². The van der Waals surface area contributed by atoms with E-state index in [0.717, 1.165) is 32.2 Å². The summed E-state index contributed by atoms with van der Waals surface area (Å²) in [5.41, 5.74) is 2.72. The highest BCUT2D eigenvalue weighted by Crippen LogP contribution is 2.23.